The zero-order valence-corrected chi connectivity index (χ0v) is 29.1. The summed E-state index contributed by atoms with van der Waals surface area (Å²) in [6.45, 7) is 2.52. The third-order valence-electron chi connectivity index (χ3n) is 12.5. The normalized spacial score (nSPS) is 27.6. The Morgan fingerprint density at radius 3 is 2.58 bits per heavy atom. The number of anilines is 3. The van der Waals surface area contributed by atoms with Crippen LogP contribution in [0.3, 0.4) is 0 Å². The van der Waals surface area contributed by atoms with Gasteiger partial charge in [0.25, 0.3) is 0 Å². The number of amides is 2. The number of nitrogens with zero attached hydrogens (tertiary/aromatic N) is 7. The number of carbonyl (C=O) groups excluding carboxylic acids is 2. The summed E-state index contributed by atoms with van der Waals surface area (Å²) in [5.41, 5.74) is 12.8. The van der Waals surface area contributed by atoms with E-state index in [4.69, 9.17) is 5.73 Å². The van der Waals surface area contributed by atoms with Crippen molar-refractivity contribution in [3.63, 3.8) is 0 Å². The Kier molecular flexibility index (Phi) is 8.34. The fourth-order valence-electron chi connectivity index (χ4n) is 9.78. The number of aromatic hydroxyl groups is 1. The van der Waals surface area contributed by atoms with Gasteiger partial charge in [-0.2, -0.15) is 5.10 Å². The average molecular weight is 704 g/mol. The highest BCUT2D eigenvalue weighted by molar-refractivity contribution is 6.02. The molecule has 4 aromatic rings. The molecule has 52 heavy (non-hydrogen) atoms. The molecule has 4 atom stereocenters. The van der Waals surface area contributed by atoms with Crippen LogP contribution in [-0.4, -0.2) is 97.3 Å². The van der Waals surface area contributed by atoms with Gasteiger partial charge in [-0.05, 0) is 92.2 Å². The number of fused-ring (bicyclic) bond motifs is 2. The molecule has 2 aromatic heterocycles. The topological polar surface area (TPSA) is 166 Å². The summed E-state index contributed by atoms with van der Waals surface area (Å²) in [6.07, 6.45) is 11.6. The molecule has 4 aliphatic heterocycles. The molecule has 1 unspecified atom stereocenters. The molecule has 4 fully saturated rings. The van der Waals surface area contributed by atoms with Crippen LogP contribution < -0.4 is 20.9 Å². The lowest BCUT2D eigenvalue weighted by atomic mass is 9.70. The minimum Gasteiger partial charge on any atom is -0.507 e. The second kappa shape index (κ2) is 13.2. The molecular weight excluding hydrogens is 658 g/mol. The largest absolute Gasteiger partial charge is 0.507 e. The van der Waals surface area contributed by atoms with Gasteiger partial charge >= 0.3 is 0 Å². The predicted octanol–water partition coefficient (Wildman–Crippen LogP) is 3.38. The van der Waals surface area contributed by atoms with E-state index >= 15 is 0 Å². The van der Waals surface area contributed by atoms with Gasteiger partial charge in [-0.25, -0.2) is 4.68 Å². The summed E-state index contributed by atoms with van der Waals surface area (Å²) < 4.78 is 1.69. The molecule has 2 aromatic carbocycles. The van der Waals surface area contributed by atoms with Crippen molar-refractivity contribution < 1.29 is 19.8 Å². The van der Waals surface area contributed by atoms with Crippen LogP contribution >= 0.6 is 0 Å². The van der Waals surface area contributed by atoms with E-state index in [1.807, 2.05) is 18.5 Å². The monoisotopic (exact) mass is 703 g/mol. The van der Waals surface area contributed by atoms with Gasteiger partial charge in [-0.3, -0.25) is 19.8 Å². The van der Waals surface area contributed by atoms with Gasteiger partial charge in [-0.15, -0.1) is 10.2 Å². The maximum atomic E-state index is 12.7. The molecule has 6 heterocycles. The molecule has 0 spiro atoms. The van der Waals surface area contributed by atoms with Gasteiger partial charge < -0.3 is 25.7 Å². The number of aromatic nitrogens is 4. The number of hydrogen-bond donors (Lipinski definition) is 4. The smallest absolute Gasteiger partial charge is 0.249 e. The fraction of sp³-hybridized carbons (Fsp3) is 0.462. The van der Waals surface area contributed by atoms with Crippen LogP contribution in [0, 0.1) is 5.92 Å². The zero-order valence-electron chi connectivity index (χ0n) is 29.1. The van der Waals surface area contributed by atoms with Crippen LogP contribution in [-0.2, 0) is 16.0 Å². The number of phenols is 1. The molecule has 1 aliphatic carbocycles. The second-order valence-corrected chi connectivity index (χ2v) is 15.2. The minimum atomic E-state index is -0.266. The highest BCUT2D eigenvalue weighted by atomic mass is 16.3. The van der Waals surface area contributed by atoms with Crippen LogP contribution in [0.4, 0.5) is 17.2 Å². The summed E-state index contributed by atoms with van der Waals surface area (Å²) in [5, 5.41) is 36.4. The number of rotatable bonds is 7. The molecule has 13 heteroatoms. The Bertz CT molecular complexity index is 2010. The summed E-state index contributed by atoms with van der Waals surface area (Å²) in [5.74, 6) is 1.20. The first-order valence-corrected chi connectivity index (χ1v) is 18.7. The number of nitrogens with one attached hydrogen (secondary N) is 1. The third kappa shape index (κ3) is 5.66. The van der Waals surface area contributed by atoms with E-state index in [1.54, 1.807) is 28.9 Å². The van der Waals surface area contributed by atoms with Gasteiger partial charge in [0.05, 0.1) is 36.4 Å². The van der Waals surface area contributed by atoms with Gasteiger partial charge in [0.2, 0.25) is 11.8 Å². The lowest BCUT2D eigenvalue weighted by molar-refractivity contribution is -0.134. The molecule has 270 valence electrons. The first kappa shape index (κ1) is 32.9. The standard InChI is InChI=1S/C39H45N9O4/c40-38-35(17-31(43-44-38)30-4-1-2-7-36(30)50)48-21-26(18-41-48)46-19-25-16-34(47(25)20-27(46)22-49)24-10-8-23(9-11-24)28-5-3-6-32-29(28)14-15-45(32)33-12-13-37(51)42-39(33)52/h1-7,17-18,21,23-25,27,33-34,49-50H,8-16,19-20,22H2,(H2,40,44)(H,42,51,52)/t23?,24?,25-,27?,33-,34+/m0/s1. The van der Waals surface area contributed by atoms with Crippen molar-refractivity contribution in [1.82, 2.24) is 30.2 Å². The highest BCUT2D eigenvalue weighted by Gasteiger charge is 2.48. The van der Waals surface area contributed by atoms with E-state index in [0.29, 0.717) is 53.7 Å². The number of benzene rings is 2. The third-order valence-corrected chi connectivity index (χ3v) is 12.5. The van der Waals surface area contributed by atoms with Crippen molar-refractivity contribution in [2.45, 2.75) is 81.5 Å². The number of phenolic OH excluding ortho intramolecular Hbond substituents is 1. The molecule has 1 saturated carbocycles. The molecule has 0 bridgehead atoms. The molecule has 2 amide bonds. The summed E-state index contributed by atoms with van der Waals surface area (Å²) >= 11 is 0. The summed E-state index contributed by atoms with van der Waals surface area (Å²) in [7, 11) is 0. The molecule has 0 radical (unpaired) electrons. The number of aliphatic hydroxyl groups is 1. The number of imide groups is 1. The van der Waals surface area contributed by atoms with Gasteiger partial charge in [-0.1, -0.05) is 24.3 Å². The van der Waals surface area contributed by atoms with E-state index in [-0.39, 0.29) is 42.1 Å². The molecule has 3 saturated heterocycles. The fourth-order valence-corrected chi connectivity index (χ4v) is 9.78. The van der Waals surface area contributed by atoms with Crippen molar-refractivity contribution in [3.8, 4) is 22.7 Å². The van der Waals surface area contributed by atoms with Crippen molar-refractivity contribution in [3.05, 3.63) is 72.1 Å². The Labute approximate surface area is 302 Å². The van der Waals surface area contributed by atoms with E-state index in [1.165, 1.54) is 42.5 Å². The number of piperidine rings is 1. The van der Waals surface area contributed by atoms with Crippen molar-refractivity contribution in [1.29, 1.82) is 0 Å². The highest BCUT2D eigenvalue weighted by Crippen LogP contribution is 2.47. The number of piperazine rings is 1. The lowest BCUT2D eigenvalue weighted by Gasteiger charge is -2.59. The predicted molar refractivity (Wildman–Crippen MR) is 196 cm³/mol. The van der Waals surface area contributed by atoms with Crippen molar-refractivity contribution >= 4 is 29.0 Å². The maximum absolute atomic E-state index is 12.7. The van der Waals surface area contributed by atoms with E-state index in [9.17, 15) is 19.8 Å². The van der Waals surface area contributed by atoms with E-state index in [2.05, 4.69) is 53.5 Å². The molecule has 13 nitrogen and oxygen atoms in total. The van der Waals surface area contributed by atoms with Gasteiger partial charge in [0, 0.05) is 49.4 Å². The molecule has 5 aliphatic rings. The quantitative estimate of drug-likeness (QED) is 0.209. The van der Waals surface area contributed by atoms with Gasteiger partial charge in [0.1, 0.15) is 17.5 Å². The minimum absolute atomic E-state index is 0.0444. The van der Waals surface area contributed by atoms with Crippen LogP contribution in [0.2, 0.25) is 0 Å². The first-order valence-electron chi connectivity index (χ1n) is 18.7. The second-order valence-electron chi connectivity index (χ2n) is 15.2. The van der Waals surface area contributed by atoms with Crippen LogP contribution in [0.5, 0.6) is 5.75 Å². The van der Waals surface area contributed by atoms with Crippen molar-refractivity contribution in [2.24, 2.45) is 5.92 Å². The SMILES string of the molecule is Nc1nnc(-c2ccccc2O)cc1-n1cc(N2C[C@@H]3C[C@H](C4CCC(c5cccc6c5CCN6[C@H]5CCC(=O)NC5=O)CC4)N3CC2CO)cn1. The van der Waals surface area contributed by atoms with Crippen LogP contribution in [0.25, 0.3) is 16.9 Å². The number of nitrogens with two attached hydrogens (primary N) is 1. The Hall–Kier alpha value is -5.01. The Balaban J connectivity index is 0.841. The van der Waals surface area contributed by atoms with Gasteiger partial charge in [0.15, 0.2) is 5.82 Å². The Morgan fingerprint density at radius 2 is 1.77 bits per heavy atom. The Morgan fingerprint density at radius 1 is 0.923 bits per heavy atom. The summed E-state index contributed by atoms with van der Waals surface area (Å²) in [4.78, 5) is 31.6. The number of hydrogen-bond acceptors (Lipinski definition) is 11. The van der Waals surface area contributed by atoms with Crippen molar-refractivity contribution in [2.75, 3.05) is 41.8 Å². The summed E-state index contributed by atoms with van der Waals surface area (Å²) in [6, 6.07) is 16.0. The van der Waals surface area contributed by atoms with E-state index in [0.717, 1.165) is 38.2 Å². The number of carbonyl (C=O) groups is 2. The number of para-hydroxylation sites is 1. The van der Waals surface area contributed by atoms with Crippen LogP contribution in [0.1, 0.15) is 62.0 Å². The molecule has 9 rings (SSSR count). The van der Waals surface area contributed by atoms with E-state index < -0.39 is 0 Å². The maximum Gasteiger partial charge on any atom is 0.249 e. The molecule has 5 N–H and O–H groups in total. The number of aliphatic hydroxyl groups excluding tert-OH is 1. The first-order chi connectivity index (χ1) is 25.4. The average Bonchev–Trinajstić information content (AvgIpc) is 3.81. The number of nitrogen functional groups attached to an aromatic ring is 1. The zero-order chi connectivity index (χ0) is 35.5. The van der Waals surface area contributed by atoms with Crippen LogP contribution in [0.15, 0.2) is 60.9 Å². The lowest BCUT2D eigenvalue weighted by Crippen LogP contribution is -2.70. The molecular formula is C39H45N9O4.